The van der Waals surface area contributed by atoms with Crippen molar-refractivity contribution >= 4 is 14.5 Å². The minimum atomic E-state index is -0.174. The number of hydrogen-bond donors (Lipinski definition) is 0. The van der Waals surface area contributed by atoms with Gasteiger partial charge in [0, 0.05) is 10.9 Å². The predicted octanol–water partition coefficient (Wildman–Crippen LogP) is 5.28. The summed E-state index contributed by atoms with van der Waals surface area (Å²) in [6.07, 6.45) is 0. The maximum atomic E-state index is 14.8. The lowest BCUT2D eigenvalue weighted by atomic mass is 9.98. The third kappa shape index (κ3) is 2.82. The van der Waals surface area contributed by atoms with E-state index in [1.165, 1.54) is 11.1 Å². The maximum Gasteiger partial charge on any atom is 0.138 e. The van der Waals surface area contributed by atoms with Gasteiger partial charge >= 0.3 is 0 Å². The Morgan fingerprint density at radius 2 is 1.05 bits per heavy atom. The van der Waals surface area contributed by atoms with Crippen LogP contribution in [0.1, 0.15) is 11.1 Å². The van der Waals surface area contributed by atoms with Crippen molar-refractivity contribution in [1.29, 1.82) is 0 Å². The van der Waals surface area contributed by atoms with E-state index in [4.69, 9.17) is 0 Å². The van der Waals surface area contributed by atoms with E-state index in [-0.39, 0.29) is 5.82 Å². The van der Waals surface area contributed by atoms with E-state index in [0.29, 0.717) is 10.9 Å². The Labute approximate surface area is 133 Å². The van der Waals surface area contributed by atoms with E-state index < -0.39 is 0 Å². The molecule has 0 aliphatic heterocycles. The second-order valence-electron chi connectivity index (χ2n) is 5.62. The van der Waals surface area contributed by atoms with E-state index in [2.05, 4.69) is 9.24 Å². The Balaban J connectivity index is 2.08. The maximum absolute atomic E-state index is 14.8. The normalized spacial score (nSPS) is 10.7. The summed E-state index contributed by atoms with van der Waals surface area (Å²) >= 11 is 0. The van der Waals surface area contributed by atoms with Crippen molar-refractivity contribution < 1.29 is 4.39 Å². The SMILES string of the molecule is Cc1ccc(-c2ccc(-c3ccc(C)cc3)c(P)c2F)cc1. The van der Waals surface area contributed by atoms with Crippen molar-refractivity contribution in [3.8, 4) is 22.3 Å². The molecule has 0 aliphatic carbocycles. The van der Waals surface area contributed by atoms with Gasteiger partial charge in [0.2, 0.25) is 0 Å². The number of rotatable bonds is 2. The zero-order valence-corrected chi connectivity index (χ0v) is 13.9. The van der Waals surface area contributed by atoms with Crippen LogP contribution in [0.4, 0.5) is 4.39 Å². The van der Waals surface area contributed by atoms with Gasteiger partial charge in [0.25, 0.3) is 0 Å². The van der Waals surface area contributed by atoms with Crippen molar-refractivity contribution in [1.82, 2.24) is 0 Å². The predicted molar refractivity (Wildman–Crippen MR) is 96.1 cm³/mol. The molecule has 110 valence electrons. The molecule has 0 aliphatic rings. The van der Waals surface area contributed by atoms with Crippen molar-refractivity contribution in [2.24, 2.45) is 0 Å². The van der Waals surface area contributed by atoms with Crippen molar-refractivity contribution in [2.45, 2.75) is 13.8 Å². The summed E-state index contributed by atoms with van der Waals surface area (Å²) < 4.78 is 14.8. The van der Waals surface area contributed by atoms with Crippen LogP contribution in [0.15, 0.2) is 60.7 Å². The quantitative estimate of drug-likeness (QED) is 0.565. The van der Waals surface area contributed by atoms with Crippen LogP contribution in [0.5, 0.6) is 0 Å². The molecule has 0 nitrogen and oxygen atoms in total. The van der Waals surface area contributed by atoms with E-state index in [1.54, 1.807) is 0 Å². The fourth-order valence-electron chi connectivity index (χ4n) is 2.53. The molecule has 0 aromatic heterocycles. The average Bonchev–Trinajstić information content (AvgIpc) is 2.52. The van der Waals surface area contributed by atoms with Crippen LogP contribution >= 0.6 is 9.24 Å². The molecule has 0 spiro atoms. The van der Waals surface area contributed by atoms with Crippen LogP contribution in [0.3, 0.4) is 0 Å². The zero-order chi connectivity index (χ0) is 15.7. The molecule has 2 heteroatoms. The molecule has 1 atom stereocenters. The molecule has 1 unspecified atom stereocenters. The van der Waals surface area contributed by atoms with Gasteiger partial charge in [0.1, 0.15) is 5.82 Å². The molecule has 22 heavy (non-hydrogen) atoms. The molecule has 0 N–H and O–H groups in total. The van der Waals surface area contributed by atoms with E-state index in [0.717, 1.165) is 16.7 Å². The van der Waals surface area contributed by atoms with Crippen LogP contribution in [-0.4, -0.2) is 0 Å². The van der Waals surface area contributed by atoms with Gasteiger partial charge in [0.15, 0.2) is 0 Å². The highest BCUT2D eigenvalue weighted by Crippen LogP contribution is 2.28. The summed E-state index contributed by atoms with van der Waals surface area (Å²) in [5.41, 5.74) is 5.86. The first-order valence-corrected chi connectivity index (χ1v) is 7.86. The van der Waals surface area contributed by atoms with Gasteiger partial charge in [-0.1, -0.05) is 71.8 Å². The third-order valence-corrected chi connectivity index (χ3v) is 4.47. The first kappa shape index (κ1) is 14.9. The largest absolute Gasteiger partial charge is 0.206 e. The minimum absolute atomic E-state index is 0.174. The van der Waals surface area contributed by atoms with Gasteiger partial charge in [-0.05, 0) is 30.5 Å². The first-order chi connectivity index (χ1) is 10.6. The first-order valence-electron chi connectivity index (χ1n) is 7.28. The van der Waals surface area contributed by atoms with Crippen LogP contribution in [0.25, 0.3) is 22.3 Å². The fraction of sp³-hybridized carbons (Fsp3) is 0.100. The molecular formula is C20H18FP. The second kappa shape index (κ2) is 6.02. The highest BCUT2D eigenvalue weighted by molar-refractivity contribution is 7.28. The van der Waals surface area contributed by atoms with Crippen molar-refractivity contribution in [2.75, 3.05) is 0 Å². The lowest BCUT2D eigenvalue weighted by molar-refractivity contribution is 0.640. The molecule has 3 rings (SSSR count). The standard InChI is InChI=1S/C20H18FP/c1-13-3-7-15(8-4-13)17-11-12-18(20(22)19(17)21)16-9-5-14(2)6-10-16/h3-12H,22H2,1-2H3. The molecular weight excluding hydrogens is 290 g/mol. The summed E-state index contributed by atoms with van der Waals surface area (Å²) in [4.78, 5) is 0. The van der Waals surface area contributed by atoms with Gasteiger partial charge in [-0.25, -0.2) is 4.39 Å². The molecule has 0 saturated carbocycles. The summed E-state index contributed by atoms with van der Waals surface area (Å²) in [5.74, 6) is -0.174. The highest BCUT2D eigenvalue weighted by atomic mass is 31.0. The van der Waals surface area contributed by atoms with Crippen LogP contribution in [0, 0.1) is 19.7 Å². The van der Waals surface area contributed by atoms with Crippen molar-refractivity contribution in [3.05, 3.63) is 77.6 Å². The van der Waals surface area contributed by atoms with E-state index in [9.17, 15) is 4.39 Å². The van der Waals surface area contributed by atoms with Crippen LogP contribution in [-0.2, 0) is 0 Å². The molecule has 3 aromatic rings. The molecule has 0 amide bonds. The monoisotopic (exact) mass is 308 g/mol. The Bertz CT molecular complexity index is 732. The molecule has 0 saturated heterocycles. The topological polar surface area (TPSA) is 0 Å². The summed E-state index contributed by atoms with van der Waals surface area (Å²) in [6, 6.07) is 19.9. The third-order valence-electron chi connectivity index (χ3n) is 3.90. The van der Waals surface area contributed by atoms with E-state index in [1.807, 2.05) is 74.5 Å². The van der Waals surface area contributed by atoms with Crippen molar-refractivity contribution in [3.63, 3.8) is 0 Å². The lowest BCUT2D eigenvalue weighted by Crippen LogP contribution is -2.05. The van der Waals surface area contributed by atoms with Gasteiger partial charge < -0.3 is 0 Å². The average molecular weight is 308 g/mol. The smallest absolute Gasteiger partial charge is 0.138 e. The fourth-order valence-corrected chi connectivity index (χ4v) is 2.95. The number of hydrogen-bond acceptors (Lipinski definition) is 0. The Morgan fingerprint density at radius 3 is 1.55 bits per heavy atom. The van der Waals surface area contributed by atoms with Gasteiger partial charge in [-0.3, -0.25) is 0 Å². The zero-order valence-electron chi connectivity index (χ0n) is 12.7. The summed E-state index contributed by atoms with van der Waals surface area (Å²) in [7, 11) is 2.55. The minimum Gasteiger partial charge on any atom is -0.206 e. The number of aryl methyl sites for hydroxylation is 2. The van der Waals surface area contributed by atoms with Crippen LogP contribution in [0.2, 0.25) is 0 Å². The lowest BCUT2D eigenvalue weighted by Gasteiger charge is -2.12. The Hall–Kier alpha value is -1.98. The Morgan fingerprint density at radius 1 is 0.636 bits per heavy atom. The highest BCUT2D eigenvalue weighted by Gasteiger charge is 2.12. The number of benzene rings is 3. The van der Waals surface area contributed by atoms with E-state index >= 15 is 0 Å². The molecule has 0 fully saturated rings. The molecule has 0 radical (unpaired) electrons. The second-order valence-corrected chi connectivity index (χ2v) is 6.20. The molecule has 3 aromatic carbocycles. The van der Waals surface area contributed by atoms with Gasteiger partial charge in [-0.15, -0.1) is 9.24 Å². The number of halogens is 1. The van der Waals surface area contributed by atoms with Gasteiger partial charge in [0.05, 0.1) is 0 Å². The summed E-state index contributed by atoms with van der Waals surface area (Å²) in [5, 5.41) is 0.613. The molecule has 0 heterocycles. The van der Waals surface area contributed by atoms with Gasteiger partial charge in [-0.2, -0.15) is 0 Å². The Kier molecular flexibility index (Phi) is 4.09. The molecule has 0 bridgehead atoms. The summed E-state index contributed by atoms with van der Waals surface area (Å²) in [6.45, 7) is 4.08. The van der Waals surface area contributed by atoms with Crippen LogP contribution < -0.4 is 5.30 Å².